The van der Waals surface area contributed by atoms with Crippen molar-refractivity contribution >= 4 is 24.8 Å². The average molecular weight is 221 g/mol. The number of nitrogens with zero attached hydrogens (tertiary/aromatic N) is 1. The summed E-state index contributed by atoms with van der Waals surface area (Å²) >= 11 is 0. The fourth-order valence-corrected chi connectivity index (χ4v) is 1.52. The Bertz CT molecular complexity index is 222. The minimum atomic E-state index is 0. The van der Waals surface area contributed by atoms with Gasteiger partial charge in [-0.3, -0.25) is 4.98 Å². The van der Waals surface area contributed by atoms with Crippen molar-refractivity contribution < 1.29 is 0 Å². The molecule has 1 aromatic heterocycles. The molecule has 2 heterocycles. The molecule has 1 saturated heterocycles. The van der Waals surface area contributed by atoms with Gasteiger partial charge in [0.05, 0.1) is 0 Å². The van der Waals surface area contributed by atoms with Crippen molar-refractivity contribution in [2.75, 3.05) is 13.1 Å². The summed E-state index contributed by atoms with van der Waals surface area (Å²) in [6.45, 7) is 2.23. The predicted octanol–water partition coefficient (Wildman–Crippen LogP) is 2.00. The zero-order valence-electron chi connectivity index (χ0n) is 7.27. The average Bonchev–Trinajstić information content (AvgIpc) is 2.58. The Labute approximate surface area is 91.0 Å². The van der Waals surface area contributed by atoms with Crippen LogP contribution in [0.15, 0.2) is 24.4 Å². The SMILES string of the molecule is Cl.Cl.c1ccc([C@H]2CCNC2)nc1. The molecule has 0 radical (unpaired) electrons. The van der Waals surface area contributed by atoms with Crippen molar-refractivity contribution in [3.8, 4) is 0 Å². The van der Waals surface area contributed by atoms with Gasteiger partial charge in [0.1, 0.15) is 0 Å². The summed E-state index contributed by atoms with van der Waals surface area (Å²) in [5.74, 6) is 0.649. The lowest BCUT2D eigenvalue weighted by molar-refractivity contribution is 0.735. The molecule has 1 aliphatic rings. The Morgan fingerprint density at radius 2 is 2.15 bits per heavy atom. The highest BCUT2D eigenvalue weighted by Gasteiger charge is 2.16. The fraction of sp³-hybridized carbons (Fsp3) is 0.444. The van der Waals surface area contributed by atoms with Crippen molar-refractivity contribution in [2.24, 2.45) is 0 Å². The number of pyridine rings is 1. The number of aromatic nitrogens is 1. The molecule has 0 aromatic carbocycles. The summed E-state index contributed by atoms with van der Waals surface area (Å²) in [6, 6.07) is 6.13. The fourth-order valence-electron chi connectivity index (χ4n) is 1.52. The summed E-state index contributed by atoms with van der Waals surface area (Å²) in [5, 5.41) is 3.33. The second-order valence-electron chi connectivity index (χ2n) is 2.94. The van der Waals surface area contributed by atoms with E-state index < -0.39 is 0 Å². The van der Waals surface area contributed by atoms with E-state index in [-0.39, 0.29) is 24.8 Å². The first kappa shape index (κ1) is 12.7. The Kier molecular flexibility index (Phi) is 6.04. The van der Waals surface area contributed by atoms with E-state index >= 15 is 0 Å². The molecule has 0 aliphatic carbocycles. The minimum Gasteiger partial charge on any atom is -0.316 e. The maximum atomic E-state index is 4.32. The maximum Gasteiger partial charge on any atom is 0.0447 e. The highest BCUT2D eigenvalue weighted by Crippen LogP contribution is 2.18. The van der Waals surface area contributed by atoms with Crippen LogP contribution in [0.25, 0.3) is 0 Å². The van der Waals surface area contributed by atoms with Gasteiger partial charge in [-0.05, 0) is 25.1 Å². The van der Waals surface area contributed by atoms with Gasteiger partial charge in [-0.25, -0.2) is 0 Å². The summed E-state index contributed by atoms with van der Waals surface area (Å²) in [6.07, 6.45) is 3.10. The van der Waals surface area contributed by atoms with Crippen LogP contribution < -0.4 is 5.32 Å². The van der Waals surface area contributed by atoms with Crippen LogP contribution in [-0.4, -0.2) is 18.1 Å². The molecule has 1 aliphatic heterocycles. The molecule has 0 amide bonds. The van der Waals surface area contributed by atoms with Crippen LogP contribution in [0.2, 0.25) is 0 Å². The zero-order chi connectivity index (χ0) is 7.52. The predicted molar refractivity (Wildman–Crippen MR) is 59.0 cm³/mol. The molecular weight excluding hydrogens is 207 g/mol. The van der Waals surface area contributed by atoms with Gasteiger partial charge in [-0.1, -0.05) is 6.07 Å². The molecule has 1 aromatic rings. The van der Waals surface area contributed by atoms with Gasteiger partial charge in [0.25, 0.3) is 0 Å². The molecule has 2 nitrogen and oxygen atoms in total. The maximum absolute atomic E-state index is 4.32. The summed E-state index contributed by atoms with van der Waals surface area (Å²) in [4.78, 5) is 4.32. The van der Waals surface area contributed by atoms with Gasteiger partial charge < -0.3 is 5.32 Å². The van der Waals surface area contributed by atoms with E-state index in [1.54, 1.807) is 0 Å². The van der Waals surface area contributed by atoms with Gasteiger partial charge in [-0.2, -0.15) is 0 Å². The number of rotatable bonds is 1. The van der Waals surface area contributed by atoms with E-state index in [0.29, 0.717) is 5.92 Å². The smallest absolute Gasteiger partial charge is 0.0447 e. The third-order valence-corrected chi connectivity index (χ3v) is 2.17. The van der Waals surface area contributed by atoms with Crippen molar-refractivity contribution in [3.63, 3.8) is 0 Å². The third-order valence-electron chi connectivity index (χ3n) is 2.17. The van der Waals surface area contributed by atoms with Gasteiger partial charge in [-0.15, -0.1) is 24.8 Å². The van der Waals surface area contributed by atoms with Crippen LogP contribution in [-0.2, 0) is 0 Å². The lowest BCUT2D eigenvalue weighted by Gasteiger charge is -2.05. The molecule has 0 unspecified atom stereocenters. The van der Waals surface area contributed by atoms with Crippen LogP contribution >= 0.6 is 24.8 Å². The van der Waals surface area contributed by atoms with Crippen LogP contribution in [0.5, 0.6) is 0 Å². The topological polar surface area (TPSA) is 24.9 Å². The molecule has 0 spiro atoms. The molecule has 1 atom stereocenters. The normalized spacial score (nSPS) is 20.2. The Morgan fingerprint density at radius 3 is 2.69 bits per heavy atom. The van der Waals surface area contributed by atoms with Gasteiger partial charge in [0, 0.05) is 24.4 Å². The van der Waals surface area contributed by atoms with Crippen LogP contribution in [0, 0.1) is 0 Å². The first-order valence-electron chi connectivity index (χ1n) is 4.08. The summed E-state index contributed by atoms with van der Waals surface area (Å²) in [7, 11) is 0. The number of halogens is 2. The van der Waals surface area contributed by atoms with Crippen molar-refractivity contribution in [2.45, 2.75) is 12.3 Å². The van der Waals surface area contributed by atoms with Gasteiger partial charge in [0.2, 0.25) is 0 Å². The highest BCUT2D eigenvalue weighted by atomic mass is 35.5. The monoisotopic (exact) mass is 220 g/mol. The first-order valence-corrected chi connectivity index (χ1v) is 4.08. The molecule has 1 N–H and O–H groups in total. The molecule has 2 rings (SSSR count). The van der Waals surface area contributed by atoms with Crippen LogP contribution in [0.4, 0.5) is 0 Å². The highest BCUT2D eigenvalue weighted by molar-refractivity contribution is 5.85. The van der Waals surface area contributed by atoms with Gasteiger partial charge >= 0.3 is 0 Å². The standard InChI is InChI=1S/C9H12N2.2ClH/c1-2-5-11-9(3-1)8-4-6-10-7-8;;/h1-3,5,8,10H,4,6-7H2;2*1H/t8-;;/m0../s1. The number of nitrogens with one attached hydrogen (secondary N) is 1. The van der Waals surface area contributed by atoms with E-state index in [9.17, 15) is 0 Å². The third kappa shape index (κ3) is 3.14. The number of hydrogen-bond acceptors (Lipinski definition) is 2. The lowest BCUT2D eigenvalue weighted by atomic mass is 10.0. The van der Waals surface area contributed by atoms with E-state index in [1.165, 1.54) is 12.1 Å². The van der Waals surface area contributed by atoms with Crippen molar-refractivity contribution in [1.82, 2.24) is 10.3 Å². The summed E-state index contributed by atoms with van der Waals surface area (Å²) in [5.41, 5.74) is 1.23. The second-order valence-corrected chi connectivity index (χ2v) is 2.94. The Morgan fingerprint density at radius 1 is 1.31 bits per heavy atom. The van der Waals surface area contributed by atoms with Crippen LogP contribution in [0.1, 0.15) is 18.0 Å². The Balaban J connectivity index is 0.000000720. The molecule has 0 bridgehead atoms. The molecule has 0 saturated carbocycles. The van der Waals surface area contributed by atoms with E-state index in [4.69, 9.17) is 0 Å². The quantitative estimate of drug-likeness (QED) is 0.784. The molecule has 74 valence electrons. The van der Waals surface area contributed by atoms with E-state index in [0.717, 1.165) is 13.1 Å². The lowest BCUT2D eigenvalue weighted by Crippen LogP contribution is -2.08. The molecule has 4 heteroatoms. The second kappa shape index (κ2) is 6.19. The van der Waals surface area contributed by atoms with Crippen molar-refractivity contribution in [1.29, 1.82) is 0 Å². The zero-order valence-corrected chi connectivity index (χ0v) is 8.90. The molecular formula is C9H14Cl2N2. The Hall–Kier alpha value is -0.310. The van der Waals surface area contributed by atoms with Crippen LogP contribution in [0.3, 0.4) is 0 Å². The van der Waals surface area contributed by atoms with Crippen molar-refractivity contribution in [3.05, 3.63) is 30.1 Å². The molecule has 1 fully saturated rings. The van der Waals surface area contributed by atoms with E-state index in [2.05, 4.69) is 22.4 Å². The minimum absolute atomic E-state index is 0. The summed E-state index contributed by atoms with van der Waals surface area (Å²) < 4.78 is 0. The molecule has 13 heavy (non-hydrogen) atoms. The number of hydrogen-bond donors (Lipinski definition) is 1. The first-order chi connectivity index (χ1) is 5.47. The van der Waals surface area contributed by atoms with Gasteiger partial charge in [0.15, 0.2) is 0 Å². The largest absolute Gasteiger partial charge is 0.316 e. The van der Waals surface area contributed by atoms with E-state index in [1.807, 2.05) is 12.3 Å².